The van der Waals surface area contributed by atoms with Crippen LogP contribution in [-0.2, 0) is 33.4 Å². The zero-order chi connectivity index (χ0) is 31.9. The van der Waals surface area contributed by atoms with Gasteiger partial charge in [0.15, 0.2) is 13.2 Å². The summed E-state index contributed by atoms with van der Waals surface area (Å²) < 4.78 is 25.5. The van der Waals surface area contributed by atoms with Crippen LogP contribution in [0, 0.1) is 0 Å². The summed E-state index contributed by atoms with van der Waals surface area (Å²) in [5.74, 6) is -3.46. The Labute approximate surface area is 255 Å². The average Bonchev–Trinajstić information content (AvgIpc) is 3.46. The van der Waals surface area contributed by atoms with Gasteiger partial charge < -0.3 is 33.2 Å². The number of ether oxygens (including phenoxy) is 4. The van der Waals surface area contributed by atoms with Crippen molar-refractivity contribution in [3.63, 3.8) is 0 Å². The lowest BCUT2D eigenvalue weighted by Crippen LogP contribution is -2.39. The molecule has 0 saturated carbocycles. The van der Waals surface area contributed by atoms with Gasteiger partial charge in [0.2, 0.25) is 5.76 Å². The summed E-state index contributed by atoms with van der Waals surface area (Å²) in [6.07, 6.45) is 15.0. The smallest absolute Gasteiger partial charge is 0.374 e. The van der Waals surface area contributed by atoms with E-state index in [0.29, 0.717) is 6.61 Å². The third-order valence-electron chi connectivity index (χ3n) is 6.60. The van der Waals surface area contributed by atoms with E-state index in [1.807, 2.05) is 0 Å². The SMILES string of the molecule is CCCCCCCCCCCCCCOc1ccc(C(=O)OCC(=O)N(C)CC(=O)OCC(=O)N(C)CC(=O)OCC)o1. The standard InChI is InChI=1S/C31H50N2O10/c1-5-7-8-9-10-11-12-13-14-15-16-17-20-40-30-19-18-25(43-30)31(38)42-24-27(35)33(4)22-29(37)41-23-26(34)32(3)21-28(36)39-6-2/h18-19H,5-17,20-24H2,1-4H3. The number of hydrogen-bond acceptors (Lipinski definition) is 10. The molecule has 1 aromatic heterocycles. The lowest BCUT2D eigenvalue weighted by molar-refractivity contribution is -0.156. The van der Waals surface area contributed by atoms with Gasteiger partial charge >= 0.3 is 17.9 Å². The van der Waals surface area contributed by atoms with Crippen LogP contribution in [0.3, 0.4) is 0 Å². The van der Waals surface area contributed by atoms with Crippen molar-refractivity contribution in [2.45, 2.75) is 90.9 Å². The van der Waals surface area contributed by atoms with E-state index < -0.39 is 49.5 Å². The van der Waals surface area contributed by atoms with Crippen molar-refractivity contribution in [2.75, 3.05) is 53.6 Å². The van der Waals surface area contributed by atoms with E-state index in [9.17, 15) is 24.0 Å². The Balaban J connectivity index is 2.18. The van der Waals surface area contributed by atoms with Crippen molar-refractivity contribution < 1.29 is 47.3 Å². The Kier molecular flexibility index (Phi) is 20.0. The highest BCUT2D eigenvalue weighted by Gasteiger charge is 2.20. The maximum absolute atomic E-state index is 12.3. The number of esters is 3. The van der Waals surface area contributed by atoms with Gasteiger partial charge in [0, 0.05) is 20.2 Å². The van der Waals surface area contributed by atoms with Crippen molar-refractivity contribution >= 4 is 29.7 Å². The van der Waals surface area contributed by atoms with Gasteiger partial charge in [-0.1, -0.05) is 77.6 Å². The monoisotopic (exact) mass is 610 g/mol. The van der Waals surface area contributed by atoms with Crippen molar-refractivity contribution in [3.8, 4) is 5.95 Å². The van der Waals surface area contributed by atoms with Crippen molar-refractivity contribution in [1.29, 1.82) is 0 Å². The Hall–Kier alpha value is -3.57. The quantitative estimate of drug-likeness (QED) is 0.0930. The minimum atomic E-state index is -0.847. The maximum atomic E-state index is 12.3. The molecule has 244 valence electrons. The lowest BCUT2D eigenvalue weighted by Gasteiger charge is -2.18. The minimum Gasteiger partial charge on any atom is -0.465 e. The van der Waals surface area contributed by atoms with Gasteiger partial charge in [-0.3, -0.25) is 19.2 Å². The maximum Gasteiger partial charge on any atom is 0.374 e. The van der Waals surface area contributed by atoms with Crippen LogP contribution in [0.4, 0.5) is 0 Å². The molecule has 0 unspecified atom stereocenters. The Bertz CT molecular complexity index is 978. The van der Waals surface area contributed by atoms with Crippen LogP contribution in [0.5, 0.6) is 5.95 Å². The van der Waals surface area contributed by atoms with Crippen molar-refractivity contribution in [1.82, 2.24) is 9.80 Å². The van der Waals surface area contributed by atoms with E-state index in [0.717, 1.165) is 22.6 Å². The number of hydrogen-bond donors (Lipinski definition) is 0. The number of carbonyl (C=O) groups is 5. The van der Waals surface area contributed by atoms with E-state index in [-0.39, 0.29) is 24.9 Å². The third kappa shape index (κ3) is 17.9. The second-order valence-corrected chi connectivity index (χ2v) is 10.4. The molecule has 1 aromatic rings. The van der Waals surface area contributed by atoms with Gasteiger partial charge in [-0.05, 0) is 19.4 Å². The fourth-order valence-electron chi connectivity index (χ4n) is 4.00. The molecule has 12 nitrogen and oxygen atoms in total. The first kappa shape index (κ1) is 37.5. The van der Waals surface area contributed by atoms with E-state index in [4.69, 9.17) is 23.4 Å². The number of amides is 2. The second-order valence-electron chi connectivity index (χ2n) is 10.4. The van der Waals surface area contributed by atoms with Crippen LogP contribution in [0.2, 0.25) is 0 Å². The van der Waals surface area contributed by atoms with Crippen LogP contribution >= 0.6 is 0 Å². The molecule has 43 heavy (non-hydrogen) atoms. The predicted molar refractivity (Wildman–Crippen MR) is 158 cm³/mol. The van der Waals surface area contributed by atoms with Gasteiger partial charge in [0.1, 0.15) is 13.1 Å². The highest BCUT2D eigenvalue weighted by Crippen LogP contribution is 2.18. The number of furan rings is 1. The molecule has 0 aliphatic carbocycles. The van der Waals surface area contributed by atoms with Gasteiger partial charge in [-0.15, -0.1) is 0 Å². The van der Waals surface area contributed by atoms with E-state index in [1.165, 1.54) is 90.4 Å². The molecule has 1 heterocycles. The molecule has 0 spiro atoms. The fraction of sp³-hybridized carbons (Fsp3) is 0.710. The molecular formula is C31H50N2O10. The summed E-state index contributed by atoms with van der Waals surface area (Å²) >= 11 is 0. The predicted octanol–water partition coefficient (Wildman–Crippen LogP) is 4.54. The van der Waals surface area contributed by atoms with Gasteiger partial charge in [-0.25, -0.2) is 4.79 Å². The average molecular weight is 611 g/mol. The van der Waals surface area contributed by atoms with Gasteiger partial charge in [0.05, 0.1) is 13.2 Å². The molecule has 0 fully saturated rings. The highest BCUT2D eigenvalue weighted by atomic mass is 16.6. The van der Waals surface area contributed by atoms with Crippen molar-refractivity contribution in [3.05, 3.63) is 17.9 Å². The molecule has 0 saturated heterocycles. The van der Waals surface area contributed by atoms with Crippen LogP contribution in [0.15, 0.2) is 16.5 Å². The molecule has 12 heteroatoms. The molecule has 0 aliphatic rings. The van der Waals surface area contributed by atoms with E-state index in [1.54, 1.807) is 6.92 Å². The molecule has 0 bridgehead atoms. The third-order valence-corrected chi connectivity index (χ3v) is 6.60. The number of unbranched alkanes of at least 4 members (excludes halogenated alkanes) is 11. The molecule has 0 radical (unpaired) electrons. The number of likely N-dealkylation sites (N-methyl/N-ethyl adjacent to an activating group) is 2. The molecule has 0 aliphatic heterocycles. The van der Waals surface area contributed by atoms with E-state index in [2.05, 4.69) is 6.92 Å². The number of carbonyl (C=O) groups excluding carboxylic acids is 5. The lowest BCUT2D eigenvalue weighted by atomic mass is 10.1. The normalized spacial score (nSPS) is 10.6. The summed E-state index contributed by atoms with van der Waals surface area (Å²) in [7, 11) is 2.69. The van der Waals surface area contributed by atoms with Crippen LogP contribution in [-0.4, -0.2) is 93.1 Å². The fourth-order valence-corrected chi connectivity index (χ4v) is 4.00. The molecular weight excluding hydrogens is 560 g/mol. The van der Waals surface area contributed by atoms with Gasteiger partial charge in [-0.2, -0.15) is 0 Å². The zero-order valence-electron chi connectivity index (χ0n) is 26.4. The first-order chi connectivity index (χ1) is 20.7. The largest absolute Gasteiger partial charge is 0.465 e. The molecule has 2 amide bonds. The molecule has 0 aromatic carbocycles. The Morgan fingerprint density at radius 3 is 1.67 bits per heavy atom. The summed E-state index contributed by atoms with van der Waals surface area (Å²) in [6.45, 7) is 2.56. The molecule has 1 rings (SSSR count). The number of rotatable bonds is 24. The highest BCUT2D eigenvalue weighted by molar-refractivity contribution is 5.90. The summed E-state index contributed by atoms with van der Waals surface area (Å²) in [4.78, 5) is 62.0. The first-order valence-electron chi connectivity index (χ1n) is 15.4. The molecule has 0 atom stereocenters. The second kappa shape index (κ2) is 23.0. The Morgan fingerprint density at radius 1 is 0.651 bits per heavy atom. The Morgan fingerprint density at radius 2 is 1.14 bits per heavy atom. The van der Waals surface area contributed by atoms with Crippen LogP contribution in [0.1, 0.15) is 101 Å². The minimum absolute atomic E-state index is 0.106. The molecule has 0 N–H and O–H groups in total. The van der Waals surface area contributed by atoms with Gasteiger partial charge in [0.25, 0.3) is 17.8 Å². The summed E-state index contributed by atoms with van der Waals surface area (Å²) in [6, 6.07) is 2.92. The van der Waals surface area contributed by atoms with E-state index >= 15 is 0 Å². The van der Waals surface area contributed by atoms with Crippen LogP contribution < -0.4 is 4.74 Å². The first-order valence-corrected chi connectivity index (χ1v) is 15.4. The summed E-state index contributed by atoms with van der Waals surface area (Å²) in [5.41, 5.74) is 0. The van der Waals surface area contributed by atoms with Crippen LogP contribution in [0.25, 0.3) is 0 Å². The summed E-state index contributed by atoms with van der Waals surface area (Å²) in [5, 5.41) is 0. The topological polar surface area (TPSA) is 142 Å². The van der Waals surface area contributed by atoms with Crippen molar-refractivity contribution in [2.24, 2.45) is 0 Å². The zero-order valence-corrected chi connectivity index (χ0v) is 26.4. The number of nitrogens with zero attached hydrogens (tertiary/aromatic N) is 2.